The summed E-state index contributed by atoms with van der Waals surface area (Å²) in [6.45, 7) is 4.08. The van der Waals surface area contributed by atoms with Gasteiger partial charge in [0.25, 0.3) is 0 Å². The van der Waals surface area contributed by atoms with Crippen molar-refractivity contribution in [3.8, 4) is 22.6 Å². The van der Waals surface area contributed by atoms with Gasteiger partial charge in [0, 0.05) is 22.3 Å². The Morgan fingerprint density at radius 2 is 1.07 bits per heavy atom. The Balaban J connectivity index is 1.77. The van der Waals surface area contributed by atoms with Gasteiger partial charge in [0.2, 0.25) is 0 Å². The summed E-state index contributed by atoms with van der Waals surface area (Å²) in [4.78, 5) is 13.4. The molecular weight excluding hydrogens is 348 g/mol. The van der Waals surface area contributed by atoms with Crippen molar-refractivity contribution in [2.45, 2.75) is 26.7 Å². The molecule has 2 heterocycles. The minimum absolute atomic E-state index is 0.0504. The average Bonchev–Trinajstić information content (AvgIpc) is 3.38. The molecular formula is C25H22O3. The Kier molecular flexibility index (Phi) is 4.98. The number of furan rings is 2. The molecule has 0 aliphatic carbocycles. The van der Waals surface area contributed by atoms with E-state index in [4.69, 9.17) is 8.83 Å². The molecule has 0 unspecified atom stereocenters. The molecule has 0 fully saturated rings. The van der Waals surface area contributed by atoms with Gasteiger partial charge in [-0.2, -0.15) is 0 Å². The minimum Gasteiger partial charge on any atom is -0.463 e. The van der Waals surface area contributed by atoms with Crippen LogP contribution in [0.25, 0.3) is 22.6 Å². The summed E-state index contributed by atoms with van der Waals surface area (Å²) in [6.07, 6.45) is 4.59. The Morgan fingerprint density at radius 3 is 1.43 bits per heavy atom. The van der Waals surface area contributed by atoms with Crippen LogP contribution in [0.5, 0.6) is 0 Å². The lowest BCUT2D eigenvalue weighted by molar-refractivity contribution is 0.103. The van der Waals surface area contributed by atoms with Gasteiger partial charge in [0.15, 0.2) is 5.78 Å². The molecule has 0 saturated carbocycles. The van der Waals surface area contributed by atoms with Crippen molar-refractivity contribution in [1.82, 2.24) is 0 Å². The van der Waals surface area contributed by atoms with E-state index in [0.717, 1.165) is 33.8 Å². The maximum atomic E-state index is 13.4. The van der Waals surface area contributed by atoms with Crippen molar-refractivity contribution < 1.29 is 13.6 Å². The standard InChI is InChI=1S/C25H22O3/c1-3-19-21(15-27-24(19)17-11-7-5-8-12-17)23(26)22-16-28-25(20(22)4-2)18-13-9-6-10-14-18/h5-16H,3-4H2,1-2H3. The molecule has 3 heteroatoms. The molecule has 0 saturated heterocycles. The van der Waals surface area contributed by atoms with Gasteiger partial charge in [-0.05, 0) is 12.8 Å². The largest absolute Gasteiger partial charge is 0.463 e. The smallest absolute Gasteiger partial charge is 0.200 e. The molecule has 0 spiro atoms. The summed E-state index contributed by atoms with van der Waals surface area (Å²) in [6, 6.07) is 19.8. The first-order chi connectivity index (χ1) is 13.7. The van der Waals surface area contributed by atoms with Gasteiger partial charge in [-0.25, -0.2) is 0 Å². The monoisotopic (exact) mass is 370 g/mol. The lowest BCUT2D eigenvalue weighted by atomic mass is 9.94. The average molecular weight is 370 g/mol. The third-order valence-electron chi connectivity index (χ3n) is 5.06. The summed E-state index contributed by atoms with van der Waals surface area (Å²) >= 11 is 0. The number of carbonyl (C=O) groups excluding carboxylic acids is 1. The topological polar surface area (TPSA) is 43.4 Å². The van der Waals surface area contributed by atoms with E-state index >= 15 is 0 Å². The molecule has 0 atom stereocenters. The minimum atomic E-state index is -0.0504. The van der Waals surface area contributed by atoms with Crippen LogP contribution in [0.15, 0.2) is 82.0 Å². The van der Waals surface area contributed by atoms with Crippen molar-refractivity contribution in [3.63, 3.8) is 0 Å². The fourth-order valence-electron chi connectivity index (χ4n) is 3.66. The number of carbonyl (C=O) groups is 1. The lowest BCUT2D eigenvalue weighted by Crippen LogP contribution is -2.05. The molecule has 0 aliphatic rings. The maximum Gasteiger partial charge on any atom is 0.200 e. The third kappa shape index (κ3) is 3.09. The fraction of sp³-hybridized carbons (Fsp3) is 0.160. The van der Waals surface area contributed by atoms with Crippen LogP contribution in [0, 0.1) is 0 Å². The van der Waals surface area contributed by atoms with E-state index in [9.17, 15) is 4.79 Å². The van der Waals surface area contributed by atoms with Gasteiger partial charge in [0.05, 0.1) is 11.1 Å². The zero-order chi connectivity index (χ0) is 19.5. The maximum absolute atomic E-state index is 13.4. The molecule has 0 bridgehead atoms. The second-order valence-electron chi connectivity index (χ2n) is 6.68. The van der Waals surface area contributed by atoms with Gasteiger partial charge in [0.1, 0.15) is 24.0 Å². The summed E-state index contributed by atoms with van der Waals surface area (Å²) < 4.78 is 11.7. The Labute approximate surface area is 164 Å². The van der Waals surface area contributed by atoms with E-state index < -0.39 is 0 Å². The normalized spacial score (nSPS) is 10.9. The van der Waals surface area contributed by atoms with Crippen molar-refractivity contribution in [2.24, 2.45) is 0 Å². The predicted molar refractivity (Wildman–Crippen MR) is 110 cm³/mol. The highest BCUT2D eigenvalue weighted by Gasteiger charge is 2.25. The van der Waals surface area contributed by atoms with E-state index in [0.29, 0.717) is 24.0 Å². The van der Waals surface area contributed by atoms with E-state index in [2.05, 4.69) is 0 Å². The zero-order valence-corrected chi connectivity index (χ0v) is 16.1. The second-order valence-corrected chi connectivity index (χ2v) is 6.68. The zero-order valence-electron chi connectivity index (χ0n) is 16.1. The Morgan fingerprint density at radius 1 is 0.679 bits per heavy atom. The van der Waals surface area contributed by atoms with Crippen molar-refractivity contribution in [2.75, 3.05) is 0 Å². The molecule has 4 rings (SSSR count). The number of hydrogen-bond donors (Lipinski definition) is 0. The third-order valence-corrected chi connectivity index (χ3v) is 5.06. The van der Waals surface area contributed by atoms with Crippen LogP contribution in [-0.2, 0) is 12.8 Å². The number of ketones is 1. The van der Waals surface area contributed by atoms with E-state index in [1.165, 1.54) is 0 Å². The first-order valence-corrected chi connectivity index (χ1v) is 9.60. The van der Waals surface area contributed by atoms with Crippen LogP contribution in [0.2, 0.25) is 0 Å². The highest BCUT2D eigenvalue weighted by Crippen LogP contribution is 2.34. The number of hydrogen-bond acceptors (Lipinski definition) is 3. The quantitative estimate of drug-likeness (QED) is 0.361. The van der Waals surface area contributed by atoms with Gasteiger partial charge < -0.3 is 8.83 Å². The van der Waals surface area contributed by atoms with Crippen LogP contribution in [0.4, 0.5) is 0 Å². The Bertz CT molecular complexity index is 998. The molecule has 28 heavy (non-hydrogen) atoms. The van der Waals surface area contributed by atoms with Gasteiger partial charge in [-0.1, -0.05) is 74.5 Å². The van der Waals surface area contributed by atoms with Crippen LogP contribution in [-0.4, -0.2) is 5.78 Å². The van der Waals surface area contributed by atoms with Crippen molar-refractivity contribution in [3.05, 3.63) is 95.4 Å². The first kappa shape index (κ1) is 18.1. The summed E-state index contributed by atoms with van der Waals surface area (Å²) in [5.41, 5.74) is 5.03. The molecule has 0 N–H and O–H groups in total. The number of rotatable bonds is 6. The van der Waals surface area contributed by atoms with E-state index in [1.54, 1.807) is 12.5 Å². The number of benzene rings is 2. The van der Waals surface area contributed by atoms with Crippen LogP contribution >= 0.6 is 0 Å². The second kappa shape index (κ2) is 7.73. The molecule has 2 aromatic heterocycles. The molecule has 2 aromatic carbocycles. The molecule has 0 amide bonds. The predicted octanol–water partition coefficient (Wildman–Crippen LogP) is 6.56. The molecule has 140 valence electrons. The molecule has 0 aliphatic heterocycles. The lowest BCUT2D eigenvalue weighted by Gasteiger charge is -2.05. The van der Waals surface area contributed by atoms with Crippen LogP contribution in [0.1, 0.15) is 40.9 Å². The molecule has 0 radical (unpaired) electrons. The molecule has 3 nitrogen and oxygen atoms in total. The van der Waals surface area contributed by atoms with E-state index in [1.807, 2.05) is 74.5 Å². The SMILES string of the molecule is CCc1c(C(=O)c2coc(-c3ccccc3)c2CC)coc1-c1ccccc1. The van der Waals surface area contributed by atoms with Gasteiger partial charge >= 0.3 is 0 Å². The van der Waals surface area contributed by atoms with Crippen molar-refractivity contribution in [1.29, 1.82) is 0 Å². The first-order valence-electron chi connectivity index (χ1n) is 9.60. The summed E-state index contributed by atoms with van der Waals surface area (Å²) in [7, 11) is 0. The van der Waals surface area contributed by atoms with E-state index in [-0.39, 0.29) is 5.78 Å². The summed E-state index contributed by atoms with van der Waals surface area (Å²) in [5.74, 6) is 1.47. The Hall–Kier alpha value is -3.33. The van der Waals surface area contributed by atoms with Crippen LogP contribution in [0.3, 0.4) is 0 Å². The van der Waals surface area contributed by atoms with Gasteiger partial charge in [-0.3, -0.25) is 4.79 Å². The fourth-order valence-corrected chi connectivity index (χ4v) is 3.66. The molecule has 4 aromatic rings. The summed E-state index contributed by atoms with van der Waals surface area (Å²) in [5, 5.41) is 0. The highest BCUT2D eigenvalue weighted by molar-refractivity contribution is 6.12. The van der Waals surface area contributed by atoms with Crippen LogP contribution < -0.4 is 0 Å². The van der Waals surface area contributed by atoms with Crippen molar-refractivity contribution >= 4 is 5.78 Å². The van der Waals surface area contributed by atoms with Gasteiger partial charge in [-0.15, -0.1) is 0 Å². The highest BCUT2D eigenvalue weighted by atomic mass is 16.3.